The number of halogens is 2. The van der Waals surface area contributed by atoms with E-state index in [2.05, 4.69) is 6.58 Å². The Bertz CT molecular complexity index is 224. The highest BCUT2D eigenvalue weighted by molar-refractivity contribution is 6.72. The molecule has 0 fully saturated rings. The van der Waals surface area contributed by atoms with E-state index in [1.54, 1.807) is 13.8 Å². The van der Waals surface area contributed by atoms with Crippen LogP contribution in [0.1, 0.15) is 26.7 Å². The normalized spacial score (nSPS) is 11.2. The van der Waals surface area contributed by atoms with E-state index in [1.165, 1.54) is 0 Å². The predicted octanol–water partition coefficient (Wildman–Crippen LogP) is 3.16. The van der Waals surface area contributed by atoms with E-state index in [0.29, 0.717) is 21.7 Å². The van der Waals surface area contributed by atoms with E-state index >= 15 is 0 Å². The average molecular weight is 267 g/mol. The summed E-state index contributed by atoms with van der Waals surface area (Å²) in [5, 5.41) is 0. The highest BCUT2D eigenvalue weighted by Crippen LogP contribution is 2.19. The maximum absolute atomic E-state index is 11.0. The molecule has 0 saturated heterocycles. The lowest BCUT2D eigenvalue weighted by Crippen LogP contribution is -2.16. The molecule has 0 unspecified atom stereocenters. The number of alkyl halides is 2. The van der Waals surface area contributed by atoms with Gasteiger partial charge in [-0.3, -0.25) is 0 Å². The summed E-state index contributed by atoms with van der Waals surface area (Å²) in [6.45, 7) is 7.36. The van der Waals surface area contributed by atoms with Crippen molar-refractivity contribution in [1.29, 1.82) is 0 Å². The monoisotopic (exact) mass is 266 g/mol. The van der Waals surface area contributed by atoms with E-state index in [4.69, 9.17) is 27.9 Å². The SMILES string of the molecule is C=C(C)C(=O)OCCCC[Si]C(C)(Cl)Cl. The maximum Gasteiger partial charge on any atom is 0.333 e. The van der Waals surface area contributed by atoms with Crippen molar-refractivity contribution in [3.05, 3.63) is 12.2 Å². The summed E-state index contributed by atoms with van der Waals surface area (Å²) in [7, 11) is 0.515. The Morgan fingerprint density at radius 1 is 1.47 bits per heavy atom. The molecule has 0 aliphatic heterocycles. The lowest BCUT2D eigenvalue weighted by molar-refractivity contribution is -0.139. The van der Waals surface area contributed by atoms with E-state index in [0.717, 1.165) is 18.9 Å². The molecule has 86 valence electrons. The van der Waals surface area contributed by atoms with Crippen LogP contribution in [0, 0.1) is 0 Å². The summed E-state index contributed by atoms with van der Waals surface area (Å²) in [5.74, 6) is -0.322. The topological polar surface area (TPSA) is 26.3 Å². The van der Waals surface area contributed by atoms with Gasteiger partial charge in [-0.15, -0.1) is 23.2 Å². The Hall–Kier alpha value is 0.00688. The van der Waals surface area contributed by atoms with Crippen LogP contribution < -0.4 is 0 Å². The molecule has 0 rings (SSSR count). The molecule has 0 N–H and O–H groups in total. The van der Waals surface area contributed by atoms with Gasteiger partial charge in [0.25, 0.3) is 0 Å². The third kappa shape index (κ3) is 10.3. The van der Waals surface area contributed by atoms with Crippen molar-refractivity contribution in [2.24, 2.45) is 0 Å². The molecule has 0 aromatic carbocycles. The average Bonchev–Trinajstić information content (AvgIpc) is 2.08. The van der Waals surface area contributed by atoms with Gasteiger partial charge in [-0.05, 0) is 20.3 Å². The van der Waals surface area contributed by atoms with Crippen LogP contribution in [0.15, 0.2) is 12.2 Å². The fourth-order valence-electron chi connectivity index (χ4n) is 0.823. The molecular formula is C10H16Cl2O2Si. The van der Waals surface area contributed by atoms with Crippen molar-refractivity contribution in [3.63, 3.8) is 0 Å². The van der Waals surface area contributed by atoms with Crippen LogP contribution in [0.3, 0.4) is 0 Å². The van der Waals surface area contributed by atoms with Crippen molar-refractivity contribution in [3.8, 4) is 0 Å². The molecule has 15 heavy (non-hydrogen) atoms. The highest BCUT2D eigenvalue weighted by atomic mass is 35.5. The summed E-state index contributed by atoms with van der Waals surface area (Å²) in [4.78, 5) is 11.0. The van der Waals surface area contributed by atoms with Crippen molar-refractivity contribution in [2.75, 3.05) is 6.61 Å². The minimum absolute atomic E-state index is 0.322. The second-order valence-electron chi connectivity index (χ2n) is 3.44. The number of hydrogen-bond acceptors (Lipinski definition) is 2. The Kier molecular flexibility index (Phi) is 7.31. The third-order valence-electron chi connectivity index (χ3n) is 1.59. The first kappa shape index (κ1) is 15.0. The molecule has 0 heterocycles. The van der Waals surface area contributed by atoms with Crippen LogP contribution in [0.5, 0.6) is 0 Å². The fraction of sp³-hybridized carbons (Fsp3) is 0.700. The van der Waals surface area contributed by atoms with E-state index in [-0.39, 0.29) is 5.97 Å². The third-order valence-corrected chi connectivity index (χ3v) is 3.61. The largest absolute Gasteiger partial charge is 0.462 e. The van der Waals surface area contributed by atoms with Gasteiger partial charge in [0.05, 0.1) is 16.1 Å². The van der Waals surface area contributed by atoms with Gasteiger partial charge >= 0.3 is 5.97 Å². The van der Waals surface area contributed by atoms with Gasteiger partial charge in [0.2, 0.25) is 0 Å². The molecule has 0 aliphatic rings. The zero-order valence-corrected chi connectivity index (χ0v) is 11.6. The number of carbonyl (C=O) groups is 1. The van der Waals surface area contributed by atoms with Crippen LogP contribution in [-0.4, -0.2) is 26.1 Å². The van der Waals surface area contributed by atoms with Crippen molar-refractivity contribution in [1.82, 2.24) is 0 Å². The van der Waals surface area contributed by atoms with E-state index < -0.39 is 3.96 Å². The maximum atomic E-state index is 11.0. The van der Waals surface area contributed by atoms with Crippen molar-refractivity contribution >= 4 is 38.7 Å². The van der Waals surface area contributed by atoms with Gasteiger partial charge in [-0.2, -0.15) is 0 Å². The summed E-state index contributed by atoms with van der Waals surface area (Å²) in [6, 6.07) is 0.966. The van der Waals surface area contributed by atoms with Gasteiger partial charge in [-0.1, -0.05) is 19.0 Å². The van der Waals surface area contributed by atoms with Crippen LogP contribution >= 0.6 is 23.2 Å². The predicted molar refractivity (Wildman–Crippen MR) is 65.7 cm³/mol. The molecule has 0 saturated carbocycles. The minimum atomic E-state index is -0.617. The number of carbonyl (C=O) groups excluding carboxylic acids is 1. The summed E-state index contributed by atoms with van der Waals surface area (Å²) >= 11 is 11.6. The van der Waals surface area contributed by atoms with Gasteiger partial charge in [0.15, 0.2) is 0 Å². The molecule has 0 aromatic heterocycles. The van der Waals surface area contributed by atoms with Gasteiger partial charge in [0.1, 0.15) is 3.96 Å². The Morgan fingerprint density at radius 2 is 2.07 bits per heavy atom. The fourth-order valence-corrected chi connectivity index (χ4v) is 2.26. The molecule has 0 amide bonds. The molecule has 5 heteroatoms. The first-order chi connectivity index (χ1) is 6.83. The number of esters is 1. The van der Waals surface area contributed by atoms with Gasteiger partial charge in [0, 0.05) is 5.57 Å². The quantitative estimate of drug-likeness (QED) is 0.233. The zero-order chi connectivity index (χ0) is 11.9. The van der Waals surface area contributed by atoms with Crippen LogP contribution in [0.4, 0.5) is 0 Å². The standard InChI is InChI=1S/C10H16Cl2O2Si/c1-8(2)9(13)14-6-4-5-7-15-10(3,11)12/h1,4-7H2,2-3H3. The number of hydrogen-bond donors (Lipinski definition) is 0. The molecule has 2 radical (unpaired) electrons. The molecule has 0 bridgehead atoms. The smallest absolute Gasteiger partial charge is 0.333 e. The number of rotatable bonds is 7. The lowest BCUT2D eigenvalue weighted by atomic mass is 10.3. The lowest BCUT2D eigenvalue weighted by Gasteiger charge is -2.10. The molecule has 0 aliphatic carbocycles. The first-order valence-electron chi connectivity index (χ1n) is 4.78. The highest BCUT2D eigenvalue weighted by Gasteiger charge is 2.16. The zero-order valence-electron chi connectivity index (χ0n) is 9.11. The molecular weight excluding hydrogens is 251 g/mol. The Balaban J connectivity index is 3.33. The van der Waals surface area contributed by atoms with Gasteiger partial charge < -0.3 is 4.74 Å². The van der Waals surface area contributed by atoms with Crippen LogP contribution in [0.25, 0.3) is 0 Å². The van der Waals surface area contributed by atoms with Crippen molar-refractivity contribution in [2.45, 2.75) is 36.7 Å². The molecule has 0 aromatic rings. The summed E-state index contributed by atoms with van der Waals surface area (Å²) in [5.41, 5.74) is 0.436. The van der Waals surface area contributed by atoms with Crippen LogP contribution in [-0.2, 0) is 9.53 Å². The van der Waals surface area contributed by atoms with E-state index in [9.17, 15) is 4.79 Å². The first-order valence-corrected chi connectivity index (χ1v) is 6.75. The minimum Gasteiger partial charge on any atom is -0.462 e. The van der Waals surface area contributed by atoms with Crippen molar-refractivity contribution < 1.29 is 9.53 Å². The Morgan fingerprint density at radius 3 is 2.53 bits per heavy atom. The summed E-state index contributed by atoms with van der Waals surface area (Å²) < 4.78 is 4.32. The van der Waals surface area contributed by atoms with Crippen LogP contribution in [0.2, 0.25) is 6.04 Å². The molecule has 2 nitrogen and oxygen atoms in total. The second-order valence-corrected chi connectivity index (χ2v) is 7.63. The molecule has 0 spiro atoms. The Labute approximate surface area is 104 Å². The number of unbranched alkanes of at least 4 members (excludes halogenated alkanes) is 1. The van der Waals surface area contributed by atoms with E-state index in [1.807, 2.05) is 0 Å². The second kappa shape index (κ2) is 7.31. The molecule has 0 atom stereocenters. The summed E-state index contributed by atoms with van der Waals surface area (Å²) in [6.07, 6.45) is 1.81. The number of ether oxygens (including phenoxy) is 1. The van der Waals surface area contributed by atoms with Gasteiger partial charge in [-0.25, -0.2) is 4.79 Å².